The minimum absolute atomic E-state index is 0.235. The number of nitrogens with zero attached hydrogens (tertiary/aromatic N) is 3. The van der Waals surface area contributed by atoms with Gasteiger partial charge in [0, 0.05) is 23.6 Å². The molecule has 2 rings (SSSR count). The van der Waals surface area contributed by atoms with Crippen molar-refractivity contribution in [2.45, 2.75) is 31.6 Å². The molecule has 78 valence electrons. The summed E-state index contributed by atoms with van der Waals surface area (Å²) in [4.78, 5) is 0. The summed E-state index contributed by atoms with van der Waals surface area (Å²) in [6.07, 6.45) is 3.00. The maximum atomic E-state index is 10.9. The molecule has 0 bridgehead atoms. The molecular weight excluding hydrogens is 226 g/mol. The smallest absolute Gasteiger partial charge is 0.239 e. The number of hydrogen-bond donors (Lipinski definition) is 0. The second kappa shape index (κ2) is 3.51. The van der Waals surface area contributed by atoms with Gasteiger partial charge in [0.25, 0.3) is 0 Å². The monoisotopic (exact) mass is 235 g/mol. The molecule has 0 radical (unpaired) electrons. The fraction of sp³-hybridized carbons (Fsp3) is 0.714. The zero-order valence-electron chi connectivity index (χ0n) is 7.48. The lowest BCUT2D eigenvalue weighted by molar-refractivity contribution is 0.511. The molecule has 14 heavy (non-hydrogen) atoms. The van der Waals surface area contributed by atoms with E-state index in [2.05, 4.69) is 10.2 Å². The Labute approximate surface area is 86.5 Å². The summed E-state index contributed by atoms with van der Waals surface area (Å²) in [6, 6.07) is 0. The Kier molecular flexibility index (Phi) is 2.48. The highest BCUT2D eigenvalue weighted by atomic mass is 35.7. The van der Waals surface area contributed by atoms with E-state index < -0.39 is 9.05 Å². The zero-order chi connectivity index (χ0) is 10.2. The molecule has 0 atom stereocenters. The fourth-order valence-corrected chi connectivity index (χ4v) is 2.44. The van der Waals surface area contributed by atoms with Crippen molar-refractivity contribution in [2.75, 3.05) is 0 Å². The van der Waals surface area contributed by atoms with Gasteiger partial charge in [-0.1, -0.05) is 0 Å². The highest BCUT2D eigenvalue weighted by molar-refractivity contribution is 8.13. The van der Waals surface area contributed by atoms with Crippen molar-refractivity contribution in [2.24, 2.45) is 0 Å². The van der Waals surface area contributed by atoms with Crippen molar-refractivity contribution in [1.29, 1.82) is 0 Å². The third-order valence-corrected chi connectivity index (χ3v) is 3.17. The predicted molar refractivity (Wildman–Crippen MR) is 51.4 cm³/mol. The van der Waals surface area contributed by atoms with E-state index in [0.29, 0.717) is 5.82 Å². The quantitative estimate of drug-likeness (QED) is 0.708. The predicted octanol–water partition coefficient (Wildman–Crippen LogP) is 0.683. The van der Waals surface area contributed by atoms with E-state index in [4.69, 9.17) is 10.7 Å². The van der Waals surface area contributed by atoms with Gasteiger partial charge in [-0.25, -0.2) is 8.42 Å². The Morgan fingerprint density at radius 3 is 2.86 bits per heavy atom. The SMILES string of the molecule is O=S(=O)(Cl)Cc1nnc2n1CCCC2. The van der Waals surface area contributed by atoms with Crippen LogP contribution in [0.1, 0.15) is 24.5 Å². The first-order valence-corrected chi connectivity index (χ1v) is 6.87. The summed E-state index contributed by atoms with van der Waals surface area (Å²) in [5.41, 5.74) is 0. The highest BCUT2D eigenvalue weighted by Gasteiger charge is 2.19. The molecule has 1 aromatic rings. The number of aryl methyl sites for hydroxylation is 1. The molecule has 0 unspecified atom stereocenters. The van der Waals surface area contributed by atoms with Crippen LogP contribution in [0.15, 0.2) is 0 Å². The zero-order valence-corrected chi connectivity index (χ0v) is 9.05. The standard InChI is InChI=1S/C7H10ClN3O2S/c8-14(12,13)5-7-10-9-6-3-1-2-4-11(6)7/h1-5H2. The molecule has 0 N–H and O–H groups in total. The van der Waals surface area contributed by atoms with Crippen LogP contribution in [0.3, 0.4) is 0 Å². The molecular formula is C7H10ClN3O2S. The normalized spacial score (nSPS) is 16.6. The Hall–Kier alpha value is -0.620. The minimum atomic E-state index is -3.53. The first-order valence-electron chi connectivity index (χ1n) is 4.39. The summed E-state index contributed by atoms with van der Waals surface area (Å²) in [5, 5.41) is 7.76. The van der Waals surface area contributed by atoms with Gasteiger partial charge in [-0.15, -0.1) is 10.2 Å². The van der Waals surface area contributed by atoms with Gasteiger partial charge < -0.3 is 4.57 Å². The van der Waals surface area contributed by atoms with Crippen LogP contribution in [-0.4, -0.2) is 23.2 Å². The van der Waals surface area contributed by atoms with E-state index in [9.17, 15) is 8.42 Å². The molecule has 0 aliphatic carbocycles. The van der Waals surface area contributed by atoms with Gasteiger partial charge in [-0.3, -0.25) is 0 Å². The second-order valence-corrected chi connectivity index (χ2v) is 6.10. The molecule has 2 heterocycles. The molecule has 0 aromatic carbocycles. The average Bonchev–Trinajstić information content (AvgIpc) is 2.47. The van der Waals surface area contributed by atoms with Crippen molar-refractivity contribution in [3.63, 3.8) is 0 Å². The van der Waals surface area contributed by atoms with Crippen molar-refractivity contribution >= 4 is 19.7 Å². The minimum Gasteiger partial charge on any atom is -0.314 e. The van der Waals surface area contributed by atoms with Crippen LogP contribution in [-0.2, 0) is 27.8 Å². The van der Waals surface area contributed by atoms with Crippen molar-refractivity contribution < 1.29 is 8.42 Å². The molecule has 7 heteroatoms. The maximum absolute atomic E-state index is 10.9. The van der Waals surface area contributed by atoms with E-state index in [1.165, 1.54) is 0 Å². The van der Waals surface area contributed by atoms with Crippen LogP contribution in [0.4, 0.5) is 0 Å². The van der Waals surface area contributed by atoms with E-state index in [1.807, 2.05) is 4.57 Å². The molecule has 1 aliphatic heterocycles. The van der Waals surface area contributed by atoms with Crippen LogP contribution in [0, 0.1) is 0 Å². The molecule has 0 fully saturated rings. The molecule has 1 aliphatic rings. The maximum Gasteiger partial charge on any atom is 0.239 e. The molecule has 0 saturated carbocycles. The van der Waals surface area contributed by atoms with Gasteiger partial charge in [0.1, 0.15) is 17.4 Å². The van der Waals surface area contributed by atoms with Crippen LogP contribution in [0.25, 0.3) is 0 Å². The van der Waals surface area contributed by atoms with E-state index >= 15 is 0 Å². The molecule has 0 saturated heterocycles. The number of fused-ring (bicyclic) bond motifs is 1. The molecule has 1 aromatic heterocycles. The van der Waals surface area contributed by atoms with Gasteiger partial charge in [0.2, 0.25) is 9.05 Å². The highest BCUT2D eigenvalue weighted by Crippen LogP contribution is 2.16. The van der Waals surface area contributed by atoms with E-state index in [-0.39, 0.29) is 5.75 Å². The first-order chi connectivity index (χ1) is 6.56. The largest absolute Gasteiger partial charge is 0.314 e. The lowest BCUT2D eigenvalue weighted by atomic mass is 10.2. The third-order valence-electron chi connectivity index (χ3n) is 2.24. The van der Waals surface area contributed by atoms with E-state index in [1.54, 1.807) is 0 Å². The Bertz CT molecular complexity index is 440. The Morgan fingerprint density at radius 1 is 1.36 bits per heavy atom. The average molecular weight is 236 g/mol. The number of rotatable bonds is 2. The molecule has 0 amide bonds. The van der Waals surface area contributed by atoms with Gasteiger partial charge in [-0.05, 0) is 12.8 Å². The van der Waals surface area contributed by atoms with Crippen molar-refractivity contribution in [1.82, 2.24) is 14.8 Å². The number of halogens is 1. The van der Waals surface area contributed by atoms with Crippen LogP contribution >= 0.6 is 10.7 Å². The summed E-state index contributed by atoms with van der Waals surface area (Å²) < 4.78 is 23.6. The van der Waals surface area contributed by atoms with Gasteiger partial charge in [0.15, 0.2) is 0 Å². The van der Waals surface area contributed by atoms with Crippen molar-refractivity contribution in [3.8, 4) is 0 Å². The van der Waals surface area contributed by atoms with Gasteiger partial charge >= 0.3 is 0 Å². The van der Waals surface area contributed by atoms with Gasteiger partial charge in [0.05, 0.1) is 0 Å². The third kappa shape index (κ3) is 2.06. The summed E-state index contributed by atoms with van der Waals surface area (Å²) in [7, 11) is 1.63. The van der Waals surface area contributed by atoms with Crippen LogP contribution in [0.5, 0.6) is 0 Å². The first kappa shape index (κ1) is 9.92. The second-order valence-electron chi connectivity index (χ2n) is 3.32. The van der Waals surface area contributed by atoms with Crippen molar-refractivity contribution in [3.05, 3.63) is 11.6 Å². The topological polar surface area (TPSA) is 64.8 Å². The number of aromatic nitrogens is 3. The summed E-state index contributed by atoms with van der Waals surface area (Å²) in [5.74, 6) is 1.09. The summed E-state index contributed by atoms with van der Waals surface area (Å²) >= 11 is 0. The summed E-state index contributed by atoms with van der Waals surface area (Å²) in [6.45, 7) is 0.796. The van der Waals surface area contributed by atoms with Gasteiger partial charge in [-0.2, -0.15) is 0 Å². The Morgan fingerprint density at radius 2 is 2.14 bits per heavy atom. The van der Waals surface area contributed by atoms with Crippen LogP contribution in [0.2, 0.25) is 0 Å². The van der Waals surface area contributed by atoms with E-state index in [0.717, 1.165) is 31.6 Å². The molecule has 0 spiro atoms. The fourth-order valence-electron chi connectivity index (χ4n) is 1.63. The molecule has 5 nitrogen and oxygen atoms in total. The van der Waals surface area contributed by atoms with Crippen LogP contribution < -0.4 is 0 Å². The lowest BCUT2D eigenvalue weighted by Gasteiger charge is -2.13. The lowest BCUT2D eigenvalue weighted by Crippen LogP contribution is -2.14. The number of hydrogen-bond acceptors (Lipinski definition) is 4. The Balaban J connectivity index is 2.31.